The van der Waals surface area contributed by atoms with Crippen LogP contribution in [0, 0.1) is 11.7 Å². The van der Waals surface area contributed by atoms with Gasteiger partial charge < -0.3 is 4.98 Å². The summed E-state index contributed by atoms with van der Waals surface area (Å²) in [7, 11) is -3.20. The van der Waals surface area contributed by atoms with E-state index in [-0.39, 0.29) is 17.4 Å². The summed E-state index contributed by atoms with van der Waals surface area (Å²) >= 11 is 6.03. The zero-order chi connectivity index (χ0) is 19.9. The highest BCUT2D eigenvalue weighted by atomic mass is 35.5. The van der Waals surface area contributed by atoms with Gasteiger partial charge in [-0.2, -0.15) is 0 Å². The Morgan fingerprint density at radius 2 is 2.11 bits per heavy atom. The van der Waals surface area contributed by atoms with Crippen LogP contribution in [0.25, 0.3) is 22.4 Å². The van der Waals surface area contributed by atoms with Crippen molar-refractivity contribution in [2.75, 3.05) is 18.8 Å². The lowest BCUT2D eigenvalue weighted by atomic mass is 9.97. The summed E-state index contributed by atoms with van der Waals surface area (Å²) in [4.78, 5) is 15.7. The van der Waals surface area contributed by atoms with E-state index in [4.69, 9.17) is 11.6 Å². The van der Waals surface area contributed by atoms with Crippen molar-refractivity contribution in [2.24, 2.45) is 5.92 Å². The number of rotatable bonds is 6. The molecule has 3 aromatic rings. The number of hydrogen-bond acceptors (Lipinski definition) is 5. The number of halogens is 2. The third-order valence-electron chi connectivity index (χ3n) is 4.82. The minimum Gasteiger partial charge on any atom is -0.345 e. The fourth-order valence-electron chi connectivity index (χ4n) is 3.38. The van der Waals surface area contributed by atoms with E-state index in [0.29, 0.717) is 48.0 Å². The summed E-state index contributed by atoms with van der Waals surface area (Å²) in [5.41, 5.74) is 1.61. The summed E-state index contributed by atoms with van der Waals surface area (Å²) in [5, 5.41) is 1.24. The summed E-state index contributed by atoms with van der Waals surface area (Å²) < 4.78 is 39.8. The van der Waals surface area contributed by atoms with Crippen LogP contribution in [0.1, 0.15) is 19.0 Å². The summed E-state index contributed by atoms with van der Waals surface area (Å²) in [6.07, 6.45) is 5.35. The normalized spacial score (nSPS) is 15.8. The molecular formula is C18H19ClFN5O2S. The highest BCUT2D eigenvalue weighted by molar-refractivity contribution is 7.89. The lowest BCUT2D eigenvalue weighted by Crippen LogP contribution is -2.51. The molecule has 28 heavy (non-hydrogen) atoms. The largest absolute Gasteiger partial charge is 0.345 e. The third-order valence-corrected chi connectivity index (χ3v) is 7.03. The fraction of sp³-hybridized carbons (Fsp3) is 0.389. The van der Waals surface area contributed by atoms with Crippen molar-refractivity contribution in [1.82, 2.24) is 24.2 Å². The molecular weight excluding hydrogens is 405 g/mol. The molecule has 1 fully saturated rings. The number of H-pyrrole nitrogens is 1. The van der Waals surface area contributed by atoms with Crippen molar-refractivity contribution in [2.45, 2.75) is 19.8 Å². The number of sulfonamides is 1. The molecule has 0 unspecified atom stereocenters. The number of pyridine rings is 1. The van der Waals surface area contributed by atoms with Gasteiger partial charge in [0.15, 0.2) is 11.6 Å². The lowest BCUT2D eigenvalue weighted by Gasteiger charge is -2.38. The molecule has 7 nitrogen and oxygen atoms in total. The minimum atomic E-state index is -3.20. The van der Waals surface area contributed by atoms with Gasteiger partial charge in [0.25, 0.3) is 0 Å². The Kier molecular flexibility index (Phi) is 5.07. The number of aromatic amines is 1. The van der Waals surface area contributed by atoms with Crippen LogP contribution in [0.4, 0.5) is 4.39 Å². The second kappa shape index (κ2) is 7.38. The van der Waals surface area contributed by atoms with E-state index in [1.807, 2.05) is 6.92 Å². The van der Waals surface area contributed by atoms with Crippen LogP contribution in [0.2, 0.25) is 5.02 Å². The molecule has 0 aliphatic carbocycles. The van der Waals surface area contributed by atoms with Crippen molar-refractivity contribution < 1.29 is 12.8 Å². The van der Waals surface area contributed by atoms with E-state index in [2.05, 4.69) is 19.9 Å². The Morgan fingerprint density at radius 3 is 2.86 bits per heavy atom. The zero-order valence-corrected chi connectivity index (χ0v) is 16.8. The first-order valence-corrected chi connectivity index (χ1v) is 11.0. The second-order valence-corrected chi connectivity index (χ2v) is 9.47. The standard InChI is InChI=1S/C18H19ClFN5O2S/c1-2-3-28(26,27)25-9-11(10-25)4-16-15(20)8-23-18(24-16)14-7-22-17-13(14)5-12(19)6-21-17/h5-8,11H,2-4,9-10H2,1H3,(H,21,22). The molecule has 1 saturated heterocycles. The smallest absolute Gasteiger partial charge is 0.214 e. The summed E-state index contributed by atoms with van der Waals surface area (Å²) in [6.45, 7) is 2.63. The van der Waals surface area contributed by atoms with Crippen LogP contribution in [-0.4, -0.2) is 51.5 Å². The Labute approximate surface area is 167 Å². The topological polar surface area (TPSA) is 91.8 Å². The number of nitrogens with one attached hydrogen (secondary N) is 1. The minimum absolute atomic E-state index is 0.0444. The quantitative estimate of drug-likeness (QED) is 0.657. The van der Waals surface area contributed by atoms with Crippen molar-refractivity contribution in [3.05, 3.63) is 41.2 Å². The molecule has 3 aromatic heterocycles. The SMILES string of the molecule is CCCS(=O)(=O)N1CC(Cc2nc(-c3c[nH]c4ncc(Cl)cc34)ncc2F)C1. The molecule has 4 heterocycles. The van der Waals surface area contributed by atoms with E-state index in [0.717, 1.165) is 11.6 Å². The van der Waals surface area contributed by atoms with Gasteiger partial charge in [0, 0.05) is 36.4 Å². The van der Waals surface area contributed by atoms with Crippen LogP contribution in [0.15, 0.2) is 24.7 Å². The van der Waals surface area contributed by atoms with E-state index in [9.17, 15) is 12.8 Å². The van der Waals surface area contributed by atoms with Gasteiger partial charge in [-0.25, -0.2) is 32.1 Å². The number of hydrogen-bond donors (Lipinski definition) is 1. The van der Waals surface area contributed by atoms with Crippen LogP contribution in [0.5, 0.6) is 0 Å². The van der Waals surface area contributed by atoms with E-state index in [1.165, 1.54) is 10.5 Å². The number of fused-ring (bicyclic) bond motifs is 1. The van der Waals surface area contributed by atoms with E-state index < -0.39 is 15.8 Å². The van der Waals surface area contributed by atoms with Gasteiger partial charge >= 0.3 is 0 Å². The molecule has 0 amide bonds. The molecule has 1 aliphatic rings. The number of aromatic nitrogens is 4. The molecule has 10 heteroatoms. The molecule has 148 valence electrons. The molecule has 1 aliphatic heterocycles. The zero-order valence-electron chi connectivity index (χ0n) is 15.2. The van der Waals surface area contributed by atoms with Crippen molar-refractivity contribution in [1.29, 1.82) is 0 Å². The molecule has 1 N–H and O–H groups in total. The van der Waals surface area contributed by atoms with Gasteiger partial charge in [0.05, 0.1) is 22.7 Å². The molecule has 0 atom stereocenters. The van der Waals surface area contributed by atoms with Crippen LogP contribution < -0.4 is 0 Å². The van der Waals surface area contributed by atoms with Gasteiger partial charge in [0.1, 0.15) is 5.65 Å². The maximum atomic E-state index is 14.3. The Morgan fingerprint density at radius 1 is 1.32 bits per heavy atom. The molecule has 0 saturated carbocycles. The van der Waals surface area contributed by atoms with Crippen LogP contribution in [-0.2, 0) is 16.4 Å². The Balaban J connectivity index is 1.55. The van der Waals surface area contributed by atoms with Gasteiger partial charge in [-0.1, -0.05) is 18.5 Å². The second-order valence-electron chi connectivity index (χ2n) is 6.94. The van der Waals surface area contributed by atoms with E-state index in [1.54, 1.807) is 12.3 Å². The van der Waals surface area contributed by atoms with Gasteiger partial charge in [0.2, 0.25) is 10.0 Å². The van der Waals surface area contributed by atoms with E-state index >= 15 is 0 Å². The van der Waals surface area contributed by atoms with Crippen LogP contribution in [0.3, 0.4) is 0 Å². The molecule has 0 bridgehead atoms. The third kappa shape index (κ3) is 3.61. The fourth-order valence-corrected chi connectivity index (χ4v) is 5.19. The average Bonchev–Trinajstić information content (AvgIpc) is 3.02. The maximum Gasteiger partial charge on any atom is 0.214 e. The van der Waals surface area contributed by atoms with Crippen molar-refractivity contribution >= 4 is 32.7 Å². The van der Waals surface area contributed by atoms with Crippen LogP contribution >= 0.6 is 11.6 Å². The van der Waals surface area contributed by atoms with Gasteiger partial charge in [-0.15, -0.1) is 0 Å². The summed E-state index contributed by atoms with van der Waals surface area (Å²) in [6, 6.07) is 1.75. The highest BCUT2D eigenvalue weighted by Gasteiger charge is 2.35. The molecule has 0 spiro atoms. The molecule has 0 aromatic carbocycles. The molecule has 4 rings (SSSR count). The first-order chi connectivity index (χ1) is 13.4. The Hall–Kier alpha value is -2.10. The lowest BCUT2D eigenvalue weighted by molar-refractivity contribution is 0.197. The summed E-state index contributed by atoms with van der Waals surface area (Å²) in [5.74, 6) is 0.0715. The van der Waals surface area contributed by atoms with Crippen molar-refractivity contribution in [3.63, 3.8) is 0 Å². The predicted octanol–water partition coefficient (Wildman–Crippen LogP) is 3.03. The predicted molar refractivity (Wildman–Crippen MR) is 105 cm³/mol. The monoisotopic (exact) mass is 423 g/mol. The maximum absolute atomic E-state index is 14.3. The first kappa shape index (κ1) is 19.2. The average molecular weight is 424 g/mol. The highest BCUT2D eigenvalue weighted by Crippen LogP contribution is 2.29. The van der Waals surface area contributed by atoms with Crippen molar-refractivity contribution in [3.8, 4) is 11.4 Å². The van der Waals surface area contributed by atoms with Gasteiger partial charge in [-0.3, -0.25) is 0 Å². The molecule has 0 radical (unpaired) electrons. The first-order valence-electron chi connectivity index (χ1n) is 8.99. The number of nitrogens with zero attached hydrogens (tertiary/aromatic N) is 4. The Bertz CT molecular complexity index is 1130. The van der Waals surface area contributed by atoms with Gasteiger partial charge in [-0.05, 0) is 24.8 Å².